The van der Waals surface area contributed by atoms with Gasteiger partial charge in [0.2, 0.25) is 0 Å². The summed E-state index contributed by atoms with van der Waals surface area (Å²) in [5.74, 6) is -1.17. The molecular weight excluding hydrogens is 466 g/mol. The molecule has 3 rings (SSSR count). The van der Waals surface area contributed by atoms with Crippen LogP contribution in [0.5, 0.6) is 5.75 Å². The van der Waals surface area contributed by atoms with E-state index in [1.807, 2.05) is 38.1 Å². The third-order valence-electron chi connectivity index (χ3n) is 6.05. The summed E-state index contributed by atoms with van der Waals surface area (Å²) in [5.41, 5.74) is 2.22. The van der Waals surface area contributed by atoms with Crippen LogP contribution in [0.4, 0.5) is 0 Å². The third kappa shape index (κ3) is 5.88. The van der Waals surface area contributed by atoms with Gasteiger partial charge in [-0.2, -0.15) is 0 Å². The van der Waals surface area contributed by atoms with Gasteiger partial charge in [0.25, 0.3) is 11.7 Å². The van der Waals surface area contributed by atoms with Crippen LogP contribution in [0.1, 0.15) is 63.8 Å². The Bertz CT molecular complexity index is 1120. The highest BCUT2D eigenvalue weighted by atomic mass is 35.5. The van der Waals surface area contributed by atoms with Gasteiger partial charge in [0.15, 0.2) is 0 Å². The average molecular weight is 500 g/mol. The SMILES string of the molecule is COc1ccc(/C(O)=C2/C(=O)C(=O)N(CCCOC(C)C)C2c2ccc(C(C)(C)C)cc2)cc1Cl. The summed E-state index contributed by atoms with van der Waals surface area (Å²) in [4.78, 5) is 27.8. The second-order valence-electron chi connectivity index (χ2n) is 9.99. The number of Topliss-reactive ketones (excluding diaryl/α,β-unsaturated/α-hetero) is 1. The van der Waals surface area contributed by atoms with Crippen LogP contribution in [0.3, 0.4) is 0 Å². The molecule has 1 unspecified atom stereocenters. The van der Waals surface area contributed by atoms with Crippen LogP contribution in [-0.2, 0) is 19.7 Å². The number of ether oxygens (including phenoxy) is 2. The standard InChI is InChI=1S/C28H34ClNO5/c1-17(2)35-15-7-14-30-24(18-8-11-20(12-9-18)28(3,4)5)23(26(32)27(30)33)25(31)19-10-13-22(34-6)21(29)16-19/h8-13,16-17,24,31H,7,14-15H2,1-6H3/b25-23-. The number of hydrogen-bond donors (Lipinski definition) is 1. The van der Waals surface area contributed by atoms with Crippen LogP contribution in [0.2, 0.25) is 5.02 Å². The summed E-state index contributed by atoms with van der Waals surface area (Å²) in [5, 5.41) is 11.5. The van der Waals surface area contributed by atoms with E-state index < -0.39 is 17.7 Å². The zero-order valence-corrected chi connectivity index (χ0v) is 22.0. The minimum Gasteiger partial charge on any atom is -0.507 e. The summed E-state index contributed by atoms with van der Waals surface area (Å²) in [7, 11) is 1.50. The number of aliphatic hydroxyl groups excluding tert-OH is 1. The number of rotatable bonds is 8. The summed E-state index contributed by atoms with van der Waals surface area (Å²) < 4.78 is 10.8. The smallest absolute Gasteiger partial charge is 0.295 e. The van der Waals surface area contributed by atoms with E-state index in [1.54, 1.807) is 12.1 Å². The maximum absolute atomic E-state index is 13.2. The second kappa shape index (κ2) is 10.8. The number of hydrogen-bond acceptors (Lipinski definition) is 5. The Morgan fingerprint density at radius 3 is 2.31 bits per heavy atom. The molecule has 1 amide bonds. The van der Waals surface area contributed by atoms with Crippen molar-refractivity contribution in [3.8, 4) is 5.75 Å². The van der Waals surface area contributed by atoms with Gasteiger partial charge in [-0.05, 0) is 55.0 Å². The van der Waals surface area contributed by atoms with Crippen LogP contribution in [0, 0.1) is 0 Å². The molecule has 1 heterocycles. The van der Waals surface area contributed by atoms with Crippen molar-refractivity contribution in [1.82, 2.24) is 4.90 Å². The highest BCUT2D eigenvalue weighted by Gasteiger charge is 2.45. The molecule has 1 aliphatic rings. The Morgan fingerprint density at radius 1 is 1.11 bits per heavy atom. The van der Waals surface area contributed by atoms with Crippen LogP contribution >= 0.6 is 11.6 Å². The lowest BCUT2D eigenvalue weighted by atomic mass is 9.85. The lowest BCUT2D eigenvalue weighted by Crippen LogP contribution is -2.31. The van der Waals surface area contributed by atoms with E-state index in [1.165, 1.54) is 18.1 Å². The monoisotopic (exact) mass is 499 g/mol. The molecule has 2 aromatic carbocycles. The summed E-state index contributed by atoms with van der Waals surface area (Å²) in [6.45, 7) is 11.0. The van der Waals surface area contributed by atoms with Crippen molar-refractivity contribution < 1.29 is 24.2 Å². The van der Waals surface area contributed by atoms with Gasteiger partial charge in [0.1, 0.15) is 11.5 Å². The normalized spacial score (nSPS) is 17.9. The minimum atomic E-state index is -0.719. The quantitative estimate of drug-likeness (QED) is 0.212. The number of halogens is 1. The van der Waals surface area contributed by atoms with Crippen molar-refractivity contribution in [3.63, 3.8) is 0 Å². The number of methoxy groups -OCH3 is 1. The summed E-state index contributed by atoms with van der Waals surface area (Å²) in [6, 6.07) is 11.9. The average Bonchev–Trinajstić information content (AvgIpc) is 3.05. The Morgan fingerprint density at radius 2 is 1.77 bits per heavy atom. The van der Waals surface area contributed by atoms with Crippen molar-refractivity contribution in [1.29, 1.82) is 0 Å². The van der Waals surface area contributed by atoms with Crippen molar-refractivity contribution in [2.45, 2.75) is 58.6 Å². The topological polar surface area (TPSA) is 76.1 Å². The highest BCUT2D eigenvalue weighted by molar-refractivity contribution is 6.46. The minimum absolute atomic E-state index is 0.0459. The number of nitrogens with zero attached hydrogens (tertiary/aromatic N) is 1. The molecule has 188 valence electrons. The zero-order valence-electron chi connectivity index (χ0n) is 21.2. The number of amides is 1. The maximum atomic E-state index is 13.2. The Kier molecular flexibility index (Phi) is 8.29. The zero-order chi connectivity index (χ0) is 25.9. The first-order valence-electron chi connectivity index (χ1n) is 11.8. The lowest BCUT2D eigenvalue weighted by Gasteiger charge is -2.26. The molecule has 0 radical (unpaired) electrons. The van der Waals surface area contributed by atoms with Gasteiger partial charge >= 0.3 is 0 Å². The number of carbonyl (C=O) groups excluding carboxylic acids is 2. The Balaban J connectivity index is 2.07. The maximum Gasteiger partial charge on any atom is 0.295 e. The number of aliphatic hydroxyl groups is 1. The van der Waals surface area contributed by atoms with Gasteiger partial charge in [-0.15, -0.1) is 0 Å². The van der Waals surface area contributed by atoms with Gasteiger partial charge < -0.3 is 19.5 Å². The van der Waals surface area contributed by atoms with Crippen LogP contribution in [0.15, 0.2) is 48.0 Å². The van der Waals surface area contributed by atoms with E-state index in [0.29, 0.717) is 35.9 Å². The van der Waals surface area contributed by atoms with E-state index in [2.05, 4.69) is 20.8 Å². The molecule has 1 atom stereocenters. The molecule has 0 spiro atoms. The summed E-state index contributed by atoms with van der Waals surface area (Å²) in [6.07, 6.45) is 0.641. The fourth-order valence-electron chi connectivity index (χ4n) is 4.15. The molecule has 0 saturated carbocycles. The molecule has 1 fully saturated rings. The molecule has 0 aromatic heterocycles. The van der Waals surface area contributed by atoms with Crippen LogP contribution in [-0.4, -0.2) is 48.1 Å². The first kappa shape index (κ1) is 26.8. The Labute approximate surface area is 212 Å². The summed E-state index contributed by atoms with van der Waals surface area (Å²) >= 11 is 6.26. The van der Waals surface area contributed by atoms with E-state index >= 15 is 0 Å². The highest BCUT2D eigenvalue weighted by Crippen LogP contribution is 2.41. The molecule has 1 saturated heterocycles. The molecule has 6 nitrogen and oxygen atoms in total. The number of likely N-dealkylation sites (tertiary alicyclic amines) is 1. The van der Waals surface area contributed by atoms with E-state index in [9.17, 15) is 14.7 Å². The van der Waals surface area contributed by atoms with E-state index in [-0.39, 0.29) is 22.9 Å². The first-order valence-corrected chi connectivity index (χ1v) is 12.2. The van der Waals surface area contributed by atoms with Crippen molar-refractivity contribution in [3.05, 3.63) is 69.8 Å². The van der Waals surface area contributed by atoms with Gasteiger partial charge in [-0.25, -0.2) is 0 Å². The van der Waals surface area contributed by atoms with Crippen molar-refractivity contribution in [2.75, 3.05) is 20.3 Å². The lowest BCUT2D eigenvalue weighted by molar-refractivity contribution is -0.140. The number of benzene rings is 2. The predicted molar refractivity (Wildman–Crippen MR) is 138 cm³/mol. The molecule has 35 heavy (non-hydrogen) atoms. The molecule has 0 bridgehead atoms. The first-order chi connectivity index (χ1) is 16.5. The van der Waals surface area contributed by atoms with Gasteiger partial charge in [-0.3, -0.25) is 9.59 Å². The molecular formula is C28H34ClNO5. The van der Waals surface area contributed by atoms with Gasteiger partial charge in [-0.1, -0.05) is 56.6 Å². The second-order valence-corrected chi connectivity index (χ2v) is 10.4. The molecule has 0 aliphatic carbocycles. The van der Waals surface area contributed by atoms with Crippen molar-refractivity contribution >= 4 is 29.1 Å². The predicted octanol–water partition coefficient (Wildman–Crippen LogP) is 5.88. The van der Waals surface area contributed by atoms with Crippen LogP contribution in [0.25, 0.3) is 5.76 Å². The van der Waals surface area contributed by atoms with E-state index in [0.717, 1.165) is 11.1 Å². The van der Waals surface area contributed by atoms with Gasteiger partial charge in [0.05, 0.1) is 29.9 Å². The van der Waals surface area contributed by atoms with E-state index in [4.69, 9.17) is 21.1 Å². The fraction of sp³-hybridized carbons (Fsp3) is 0.429. The number of carbonyl (C=O) groups is 2. The van der Waals surface area contributed by atoms with Gasteiger partial charge in [0, 0.05) is 18.7 Å². The number of ketones is 1. The third-order valence-corrected chi connectivity index (χ3v) is 6.35. The largest absolute Gasteiger partial charge is 0.507 e. The molecule has 1 N–H and O–H groups in total. The molecule has 7 heteroatoms. The van der Waals surface area contributed by atoms with Crippen molar-refractivity contribution in [2.24, 2.45) is 0 Å². The molecule has 2 aromatic rings. The van der Waals surface area contributed by atoms with Crippen LogP contribution < -0.4 is 4.74 Å². The fourth-order valence-corrected chi connectivity index (χ4v) is 4.40. The molecule has 1 aliphatic heterocycles. The Hall–Kier alpha value is -2.83.